The molecule has 0 amide bonds. The fourth-order valence-electron chi connectivity index (χ4n) is 2.56. The lowest BCUT2D eigenvalue weighted by atomic mass is 9.96. The second-order valence-corrected chi connectivity index (χ2v) is 7.41. The van der Waals surface area contributed by atoms with Gasteiger partial charge >= 0.3 is 0 Å². The maximum Gasteiger partial charge on any atom is 0.245 e. The summed E-state index contributed by atoms with van der Waals surface area (Å²) in [6.07, 6.45) is 1.60. The number of methoxy groups -OCH3 is 2. The fourth-order valence-corrected chi connectivity index (χ4v) is 4.25. The molecule has 118 valence electrons. The van der Waals surface area contributed by atoms with Crippen LogP contribution in [0.3, 0.4) is 0 Å². The van der Waals surface area contributed by atoms with Crippen LogP contribution in [0.4, 0.5) is 5.69 Å². The van der Waals surface area contributed by atoms with Gasteiger partial charge < -0.3 is 15.2 Å². The molecule has 0 bridgehead atoms. The van der Waals surface area contributed by atoms with Crippen molar-refractivity contribution in [1.29, 1.82) is 0 Å². The predicted molar refractivity (Wildman–Crippen MR) is 80.8 cm³/mol. The Balaban J connectivity index is 2.34. The van der Waals surface area contributed by atoms with Crippen molar-refractivity contribution in [2.75, 3.05) is 33.0 Å². The second-order valence-electron chi connectivity index (χ2n) is 5.50. The van der Waals surface area contributed by atoms with Crippen LogP contribution in [-0.4, -0.2) is 45.6 Å². The number of piperidine rings is 1. The summed E-state index contributed by atoms with van der Waals surface area (Å²) in [5.41, 5.74) is 5.61. The van der Waals surface area contributed by atoms with Crippen LogP contribution in [-0.2, 0) is 14.8 Å². The molecule has 1 fully saturated rings. The largest absolute Gasteiger partial charge is 0.497 e. The number of nitrogens with zero attached hydrogens (tertiary/aromatic N) is 1. The van der Waals surface area contributed by atoms with Gasteiger partial charge in [0.1, 0.15) is 10.6 Å². The maximum atomic E-state index is 12.8. The molecular weight excluding hydrogens is 292 g/mol. The van der Waals surface area contributed by atoms with Gasteiger partial charge in [0, 0.05) is 26.3 Å². The molecule has 7 heteroatoms. The molecule has 21 heavy (non-hydrogen) atoms. The molecule has 0 aromatic heterocycles. The van der Waals surface area contributed by atoms with Crippen molar-refractivity contribution < 1.29 is 17.9 Å². The molecule has 1 heterocycles. The topological polar surface area (TPSA) is 81.9 Å². The van der Waals surface area contributed by atoms with Crippen LogP contribution in [0.2, 0.25) is 0 Å². The van der Waals surface area contributed by atoms with Gasteiger partial charge in [-0.2, -0.15) is 4.31 Å². The minimum atomic E-state index is -3.63. The highest BCUT2D eigenvalue weighted by Gasteiger charge is 2.37. The van der Waals surface area contributed by atoms with E-state index in [1.165, 1.54) is 23.5 Å². The fraction of sp³-hybridized carbons (Fsp3) is 0.571. The van der Waals surface area contributed by atoms with E-state index in [9.17, 15) is 8.42 Å². The summed E-state index contributed by atoms with van der Waals surface area (Å²) < 4.78 is 37.5. The normalized spacial score (nSPS) is 24.0. The van der Waals surface area contributed by atoms with Crippen LogP contribution in [0, 0.1) is 0 Å². The van der Waals surface area contributed by atoms with E-state index in [1.807, 2.05) is 6.92 Å². The van der Waals surface area contributed by atoms with Gasteiger partial charge in [0.25, 0.3) is 0 Å². The minimum absolute atomic E-state index is 0.114. The lowest BCUT2D eigenvalue weighted by Gasteiger charge is -2.38. The van der Waals surface area contributed by atoms with Crippen molar-refractivity contribution in [3.63, 3.8) is 0 Å². The first-order valence-corrected chi connectivity index (χ1v) is 8.25. The molecule has 1 saturated heterocycles. The maximum absolute atomic E-state index is 12.8. The zero-order valence-corrected chi connectivity index (χ0v) is 13.4. The third kappa shape index (κ3) is 3.14. The summed E-state index contributed by atoms with van der Waals surface area (Å²) >= 11 is 0. The number of sulfonamides is 1. The third-order valence-corrected chi connectivity index (χ3v) is 5.87. The van der Waals surface area contributed by atoms with E-state index < -0.39 is 15.6 Å². The molecule has 0 spiro atoms. The number of rotatable bonds is 4. The first-order chi connectivity index (χ1) is 9.82. The van der Waals surface area contributed by atoms with E-state index in [0.29, 0.717) is 18.8 Å². The Morgan fingerprint density at radius 1 is 1.33 bits per heavy atom. The number of hydrogen-bond donors (Lipinski definition) is 1. The van der Waals surface area contributed by atoms with Gasteiger partial charge in [-0.3, -0.25) is 0 Å². The number of anilines is 1. The van der Waals surface area contributed by atoms with Crippen LogP contribution < -0.4 is 10.5 Å². The zero-order chi connectivity index (χ0) is 15.7. The average molecular weight is 314 g/mol. The average Bonchev–Trinajstić information content (AvgIpc) is 2.46. The van der Waals surface area contributed by atoms with Crippen LogP contribution >= 0.6 is 0 Å². The SMILES string of the molecule is COc1ccc(S(=O)(=O)N2CCCC(C)(OC)C2)c(N)c1. The van der Waals surface area contributed by atoms with Crippen molar-refractivity contribution in [2.24, 2.45) is 0 Å². The zero-order valence-electron chi connectivity index (χ0n) is 12.6. The number of benzene rings is 1. The molecular formula is C14H22N2O4S. The van der Waals surface area contributed by atoms with Gasteiger partial charge in [-0.05, 0) is 31.9 Å². The summed E-state index contributed by atoms with van der Waals surface area (Å²) in [5, 5.41) is 0. The summed E-state index contributed by atoms with van der Waals surface area (Å²) in [7, 11) is -0.506. The van der Waals surface area contributed by atoms with Crippen molar-refractivity contribution in [3.05, 3.63) is 18.2 Å². The van der Waals surface area contributed by atoms with E-state index in [-0.39, 0.29) is 10.6 Å². The van der Waals surface area contributed by atoms with E-state index in [2.05, 4.69) is 0 Å². The molecule has 1 aliphatic rings. The van der Waals surface area contributed by atoms with Gasteiger partial charge in [0.15, 0.2) is 0 Å². The Morgan fingerprint density at radius 2 is 2.05 bits per heavy atom. The Kier molecular flexibility index (Phi) is 4.46. The minimum Gasteiger partial charge on any atom is -0.497 e. The Labute approximate surface area is 125 Å². The van der Waals surface area contributed by atoms with E-state index >= 15 is 0 Å². The summed E-state index contributed by atoms with van der Waals surface area (Å²) in [4.78, 5) is 0.114. The monoisotopic (exact) mass is 314 g/mol. The molecule has 1 aliphatic heterocycles. The van der Waals surface area contributed by atoms with Gasteiger partial charge in [-0.15, -0.1) is 0 Å². The molecule has 1 aromatic carbocycles. The highest BCUT2D eigenvalue weighted by atomic mass is 32.2. The first kappa shape index (κ1) is 16.1. The van der Waals surface area contributed by atoms with Gasteiger partial charge in [0.2, 0.25) is 10.0 Å². The van der Waals surface area contributed by atoms with Crippen molar-refractivity contribution in [3.8, 4) is 5.75 Å². The first-order valence-electron chi connectivity index (χ1n) is 6.81. The Bertz CT molecular complexity index is 617. The van der Waals surface area contributed by atoms with Crippen molar-refractivity contribution >= 4 is 15.7 Å². The summed E-state index contributed by atoms with van der Waals surface area (Å²) in [5.74, 6) is 0.534. The highest BCUT2D eigenvalue weighted by Crippen LogP contribution is 2.31. The van der Waals surface area contributed by atoms with Crippen LogP contribution in [0.1, 0.15) is 19.8 Å². The molecule has 1 unspecified atom stereocenters. The molecule has 1 aromatic rings. The van der Waals surface area contributed by atoms with Crippen LogP contribution in [0.25, 0.3) is 0 Å². The Hall–Kier alpha value is -1.31. The van der Waals surface area contributed by atoms with Crippen LogP contribution in [0.15, 0.2) is 23.1 Å². The Morgan fingerprint density at radius 3 is 2.62 bits per heavy atom. The van der Waals surface area contributed by atoms with E-state index in [1.54, 1.807) is 13.2 Å². The summed E-state index contributed by atoms with van der Waals surface area (Å²) in [6.45, 7) is 2.73. The molecule has 2 rings (SSSR count). The number of nitrogen functional groups attached to an aromatic ring is 1. The molecule has 1 atom stereocenters. The lowest BCUT2D eigenvalue weighted by molar-refractivity contribution is -0.0319. The molecule has 6 nitrogen and oxygen atoms in total. The number of hydrogen-bond acceptors (Lipinski definition) is 5. The molecule has 2 N–H and O–H groups in total. The predicted octanol–water partition coefficient (Wildman–Crippen LogP) is 1.47. The highest BCUT2D eigenvalue weighted by molar-refractivity contribution is 7.89. The molecule has 0 saturated carbocycles. The van der Waals surface area contributed by atoms with Gasteiger partial charge in [-0.1, -0.05) is 0 Å². The quantitative estimate of drug-likeness (QED) is 0.851. The second kappa shape index (κ2) is 5.82. The standard InChI is InChI=1S/C14H22N2O4S/c1-14(20-3)7-4-8-16(10-14)21(17,18)13-6-5-11(19-2)9-12(13)15/h5-6,9H,4,7-8,10,15H2,1-3H3. The van der Waals surface area contributed by atoms with Gasteiger partial charge in [-0.25, -0.2) is 8.42 Å². The van der Waals surface area contributed by atoms with E-state index in [4.69, 9.17) is 15.2 Å². The molecule has 0 aliphatic carbocycles. The third-order valence-electron chi connectivity index (χ3n) is 3.95. The van der Waals surface area contributed by atoms with Crippen LogP contribution in [0.5, 0.6) is 5.75 Å². The smallest absolute Gasteiger partial charge is 0.245 e. The van der Waals surface area contributed by atoms with Gasteiger partial charge in [0.05, 0.1) is 18.4 Å². The lowest BCUT2D eigenvalue weighted by Crippen LogP contribution is -2.49. The number of nitrogens with two attached hydrogens (primary N) is 1. The van der Waals surface area contributed by atoms with E-state index in [0.717, 1.165) is 12.8 Å². The molecule has 0 radical (unpaired) electrons. The van der Waals surface area contributed by atoms with Crippen molar-refractivity contribution in [1.82, 2.24) is 4.31 Å². The number of ether oxygens (including phenoxy) is 2. The summed E-state index contributed by atoms with van der Waals surface area (Å²) in [6, 6.07) is 4.61. The van der Waals surface area contributed by atoms with Crippen molar-refractivity contribution in [2.45, 2.75) is 30.3 Å².